The van der Waals surface area contributed by atoms with Crippen molar-refractivity contribution in [3.05, 3.63) is 51.9 Å². The van der Waals surface area contributed by atoms with Gasteiger partial charge in [0.05, 0.1) is 18.8 Å². The number of hydrogen-bond acceptors (Lipinski definition) is 4. The quantitative estimate of drug-likeness (QED) is 0.887. The van der Waals surface area contributed by atoms with E-state index in [0.29, 0.717) is 5.95 Å². The van der Waals surface area contributed by atoms with Gasteiger partial charge in [-0.3, -0.25) is 9.78 Å². The highest BCUT2D eigenvalue weighted by molar-refractivity contribution is 5.35. The van der Waals surface area contributed by atoms with Gasteiger partial charge in [0.25, 0.3) is 5.56 Å². The molecule has 0 spiro atoms. The fraction of sp³-hybridized carbons (Fsp3) is 0.375. The number of nitrogens with one attached hydrogen (secondary N) is 2. The van der Waals surface area contributed by atoms with Crippen LogP contribution in [0.15, 0.2) is 35.1 Å². The molecule has 0 fully saturated rings. The van der Waals surface area contributed by atoms with Crippen molar-refractivity contribution in [3.63, 3.8) is 0 Å². The van der Waals surface area contributed by atoms with Crippen molar-refractivity contribution in [3.8, 4) is 5.75 Å². The van der Waals surface area contributed by atoms with Crippen LogP contribution >= 0.6 is 0 Å². The Labute approximate surface area is 124 Å². The molecular weight excluding hydrogens is 266 g/mol. The molecule has 0 amide bonds. The molecule has 1 aromatic heterocycles. The van der Waals surface area contributed by atoms with Crippen molar-refractivity contribution in [2.24, 2.45) is 0 Å². The largest absolute Gasteiger partial charge is 0.497 e. The molecule has 0 aliphatic heterocycles. The zero-order valence-corrected chi connectivity index (χ0v) is 12.8. The van der Waals surface area contributed by atoms with Gasteiger partial charge in [-0.25, -0.2) is 4.98 Å². The number of nitrogens with zero attached hydrogens (tertiary/aromatic N) is 1. The van der Waals surface area contributed by atoms with Gasteiger partial charge in [-0.15, -0.1) is 0 Å². The zero-order valence-electron chi connectivity index (χ0n) is 12.8. The molecule has 2 N–H and O–H groups in total. The summed E-state index contributed by atoms with van der Waals surface area (Å²) in [5.41, 5.74) is 1.73. The fourth-order valence-corrected chi connectivity index (χ4v) is 2.02. The maximum atomic E-state index is 11.7. The Morgan fingerprint density at radius 3 is 2.43 bits per heavy atom. The van der Waals surface area contributed by atoms with Gasteiger partial charge in [0.15, 0.2) is 0 Å². The van der Waals surface area contributed by atoms with E-state index in [-0.39, 0.29) is 17.5 Å². The first kappa shape index (κ1) is 15.1. The van der Waals surface area contributed by atoms with Crippen LogP contribution in [0.25, 0.3) is 0 Å². The van der Waals surface area contributed by atoms with E-state index in [2.05, 4.69) is 15.3 Å². The summed E-state index contributed by atoms with van der Waals surface area (Å²) in [6.45, 7) is 6.04. The Morgan fingerprint density at radius 1 is 1.19 bits per heavy atom. The van der Waals surface area contributed by atoms with Crippen molar-refractivity contribution in [1.29, 1.82) is 0 Å². The molecule has 0 saturated carbocycles. The fourth-order valence-electron chi connectivity index (χ4n) is 2.02. The summed E-state index contributed by atoms with van der Waals surface area (Å²) < 4.78 is 5.14. The lowest BCUT2D eigenvalue weighted by Gasteiger charge is -2.16. The predicted molar refractivity (Wildman–Crippen MR) is 84.0 cm³/mol. The molecule has 0 bridgehead atoms. The van der Waals surface area contributed by atoms with Crippen LogP contribution in [0.3, 0.4) is 0 Å². The van der Waals surface area contributed by atoms with Crippen molar-refractivity contribution in [2.45, 2.75) is 32.7 Å². The van der Waals surface area contributed by atoms with Gasteiger partial charge < -0.3 is 10.1 Å². The van der Waals surface area contributed by atoms with E-state index in [1.807, 2.05) is 45.0 Å². The average Bonchev–Trinajstić information content (AvgIpc) is 2.46. The van der Waals surface area contributed by atoms with Crippen LogP contribution in [-0.4, -0.2) is 17.1 Å². The maximum Gasteiger partial charge on any atom is 0.252 e. The van der Waals surface area contributed by atoms with Gasteiger partial charge in [0.1, 0.15) is 5.75 Å². The smallest absolute Gasteiger partial charge is 0.252 e. The lowest BCUT2D eigenvalue weighted by Crippen LogP contribution is -2.16. The first-order valence-electron chi connectivity index (χ1n) is 7.01. The monoisotopic (exact) mass is 287 g/mol. The molecule has 2 rings (SSSR count). The lowest BCUT2D eigenvalue weighted by atomic mass is 10.1. The maximum absolute atomic E-state index is 11.7. The van der Waals surface area contributed by atoms with Crippen LogP contribution < -0.4 is 15.6 Å². The summed E-state index contributed by atoms with van der Waals surface area (Å²) in [7, 11) is 1.64. The number of ether oxygens (including phenoxy) is 1. The summed E-state index contributed by atoms with van der Waals surface area (Å²) in [6, 6.07) is 9.36. The predicted octanol–water partition coefficient (Wildman–Crippen LogP) is 3.08. The van der Waals surface area contributed by atoms with Crippen molar-refractivity contribution in [2.75, 3.05) is 12.4 Å². The number of H-pyrrole nitrogens is 1. The third-order valence-corrected chi connectivity index (χ3v) is 3.32. The van der Waals surface area contributed by atoms with E-state index in [9.17, 15) is 4.79 Å². The number of hydrogen-bond donors (Lipinski definition) is 2. The summed E-state index contributed by atoms with van der Waals surface area (Å²) in [6.07, 6.45) is 0. The first-order valence-corrected chi connectivity index (χ1v) is 7.01. The molecule has 0 saturated heterocycles. The van der Waals surface area contributed by atoms with Gasteiger partial charge >= 0.3 is 0 Å². The molecular formula is C16H21N3O2. The molecule has 5 nitrogen and oxygen atoms in total. The van der Waals surface area contributed by atoms with E-state index < -0.39 is 0 Å². The van der Waals surface area contributed by atoms with Gasteiger partial charge in [-0.05, 0) is 30.5 Å². The van der Waals surface area contributed by atoms with E-state index >= 15 is 0 Å². The Morgan fingerprint density at radius 2 is 1.86 bits per heavy atom. The number of methoxy groups -OCH3 is 1. The highest BCUT2D eigenvalue weighted by Gasteiger charge is 2.09. The average molecular weight is 287 g/mol. The van der Waals surface area contributed by atoms with Crippen LogP contribution in [-0.2, 0) is 0 Å². The Bertz CT molecular complexity index is 647. The van der Waals surface area contributed by atoms with E-state index in [4.69, 9.17) is 4.74 Å². The molecule has 2 aromatic rings. The minimum atomic E-state index is -0.141. The molecule has 1 atom stereocenters. The van der Waals surface area contributed by atoms with E-state index in [0.717, 1.165) is 17.0 Å². The molecule has 0 radical (unpaired) electrons. The second-order valence-electron chi connectivity index (χ2n) is 5.31. The molecule has 0 aliphatic rings. The molecule has 5 heteroatoms. The lowest BCUT2D eigenvalue weighted by molar-refractivity contribution is 0.414. The summed E-state index contributed by atoms with van der Waals surface area (Å²) in [5, 5.41) is 3.22. The third-order valence-electron chi connectivity index (χ3n) is 3.32. The van der Waals surface area contributed by atoms with Gasteiger partial charge in [-0.1, -0.05) is 26.0 Å². The number of rotatable bonds is 5. The third kappa shape index (κ3) is 3.84. The second-order valence-corrected chi connectivity index (χ2v) is 5.31. The van der Waals surface area contributed by atoms with Crippen molar-refractivity contribution >= 4 is 5.95 Å². The molecule has 21 heavy (non-hydrogen) atoms. The van der Waals surface area contributed by atoms with Crippen LogP contribution in [0.5, 0.6) is 5.75 Å². The highest BCUT2D eigenvalue weighted by atomic mass is 16.5. The minimum absolute atomic E-state index is 0.0291. The van der Waals surface area contributed by atoms with Crippen LogP contribution in [0.4, 0.5) is 5.95 Å². The molecule has 1 aromatic carbocycles. The number of anilines is 1. The summed E-state index contributed by atoms with van der Waals surface area (Å²) in [5.74, 6) is 1.53. The van der Waals surface area contributed by atoms with Crippen molar-refractivity contribution < 1.29 is 4.74 Å². The SMILES string of the molecule is COc1ccc(C(C)Nc2nc(C(C)C)cc(=O)[nH]2)cc1. The minimum Gasteiger partial charge on any atom is -0.497 e. The Kier molecular flexibility index (Phi) is 4.62. The number of aromatic amines is 1. The first-order chi connectivity index (χ1) is 9.99. The standard InChI is InChI=1S/C16H21N3O2/c1-10(2)14-9-15(20)19-16(18-14)17-11(3)12-5-7-13(21-4)8-6-12/h5-11H,1-4H3,(H2,17,18,19,20). The molecule has 1 heterocycles. The number of aromatic nitrogens is 2. The second kappa shape index (κ2) is 6.43. The number of benzene rings is 1. The van der Waals surface area contributed by atoms with Crippen LogP contribution in [0.1, 0.15) is 44.0 Å². The zero-order chi connectivity index (χ0) is 15.4. The van der Waals surface area contributed by atoms with Crippen molar-refractivity contribution in [1.82, 2.24) is 9.97 Å². The molecule has 112 valence electrons. The summed E-state index contributed by atoms with van der Waals surface area (Å²) >= 11 is 0. The highest BCUT2D eigenvalue weighted by Crippen LogP contribution is 2.20. The van der Waals surface area contributed by atoms with Gasteiger partial charge in [0.2, 0.25) is 5.95 Å². The van der Waals surface area contributed by atoms with Crippen LogP contribution in [0, 0.1) is 0 Å². The van der Waals surface area contributed by atoms with Crippen LogP contribution in [0.2, 0.25) is 0 Å². The van der Waals surface area contributed by atoms with E-state index in [1.54, 1.807) is 7.11 Å². The van der Waals surface area contributed by atoms with E-state index in [1.165, 1.54) is 6.07 Å². The Hall–Kier alpha value is -2.30. The summed E-state index contributed by atoms with van der Waals surface area (Å²) in [4.78, 5) is 18.8. The normalized spacial score (nSPS) is 12.2. The van der Waals surface area contributed by atoms with Gasteiger partial charge in [-0.2, -0.15) is 0 Å². The molecule has 1 unspecified atom stereocenters. The van der Waals surface area contributed by atoms with Gasteiger partial charge in [0, 0.05) is 6.07 Å². The molecule has 0 aliphatic carbocycles. The Balaban J connectivity index is 2.18. The topological polar surface area (TPSA) is 67.0 Å².